The van der Waals surface area contributed by atoms with Gasteiger partial charge in [-0.2, -0.15) is 0 Å². The van der Waals surface area contributed by atoms with Crippen molar-refractivity contribution in [2.24, 2.45) is 11.7 Å². The fourth-order valence-corrected chi connectivity index (χ4v) is 1.80. The van der Waals surface area contributed by atoms with Crippen LogP contribution in [0.25, 0.3) is 0 Å². The van der Waals surface area contributed by atoms with Crippen LogP contribution in [0.4, 0.5) is 0 Å². The average molecular weight is 213 g/mol. The maximum atomic E-state index is 11.5. The SMILES string of the molecule is CN(CC(N)=O)C(=O)CCC1CCNC1. The first kappa shape index (κ1) is 12.0. The summed E-state index contributed by atoms with van der Waals surface area (Å²) in [7, 11) is 1.61. The molecule has 1 fully saturated rings. The molecule has 3 N–H and O–H groups in total. The lowest BCUT2D eigenvalue weighted by molar-refractivity contribution is -0.134. The summed E-state index contributed by atoms with van der Waals surface area (Å²) in [5.41, 5.74) is 5.01. The van der Waals surface area contributed by atoms with Gasteiger partial charge in [0.15, 0.2) is 0 Å². The molecule has 2 amide bonds. The van der Waals surface area contributed by atoms with Crippen molar-refractivity contribution in [3.05, 3.63) is 0 Å². The van der Waals surface area contributed by atoms with Gasteiger partial charge in [0.05, 0.1) is 6.54 Å². The lowest BCUT2D eigenvalue weighted by Gasteiger charge is -2.16. The van der Waals surface area contributed by atoms with Crippen molar-refractivity contribution < 1.29 is 9.59 Å². The van der Waals surface area contributed by atoms with Gasteiger partial charge in [-0.15, -0.1) is 0 Å². The Hall–Kier alpha value is -1.10. The van der Waals surface area contributed by atoms with Crippen molar-refractivity contribution in [3.8, 4) is 0 Å². The van der Waals surface area contributed by atoms with Crippen molar-refractivity contribution in [2.45, 2.75) is 19.3 Å². The van der Waals surface area contributed by atoms with Crippen molar-refractivity contribution >= 4 is 11.8 Å². The maximum Gasteiger partial charge on any atom is 0.237 e. The Labute approximate surface area is 90.0 Å². The van der Waals surface area contributed by atoms with Crippen LogP contribution in [0.3, 0.4) is 0 Å². The summed E-state index contributed by atoms with van der Waals surface area (Å²) in [5, 5.41) is 3.26. The topological polar surface area (TPSA) is 75.4 Å². The Morgan fingerprint density at radius 1 is 1.53 bits per heavy atom. The fraction of sp³-hybridized carbons (Fsp3) is 0.800. The molecule has 0 radical (unpaired) electrons. The number of nitrogens with one attached hydrogen (secondary N) is 1. The van der Waals surface area contributed by atoms with Crippen LogP contribution in [-0.2, 0) is 9.59 Å². The van der Waals surface area contributed by atoms with Crippen molar-refractivity contribution in [1.82, 2.24) is 10.2 Å². The van der Waals surface area contributed by atoms with Crippen molar-refractivity contribution in [3.63, 3.8) is 0 Å². The Kier molecular flexibility index (Phi) is 4.55. The molecular weight excluding hydrogens is 194 g/mol. The molecule has 0 saturated carbocycles. The molecule has 1 heterocycles. The first-order chi connectivity index (χ1) is 7.09. The minimum Gasteiger partial charge on any atom is -0.368 e. The maximum absolute atomic E-state index is 11.5. The standard InChI is InChI=1S/C10H19N3O2/c1-13(7-9(11)14)10(15)3-2-8-4-5-12-6-8/h8,12H,2-7H2,1H3,(H2,11,14). The highest BCUT2D eigenvalue weighted by Crippen LogP contribution is 2.14. The van der Waals surface area contributed by atoms with E-state index in [2.05, 4.69) is 5.32 Å². The predicted octanol–water partition coefficient (Wildman–Crippen LogP) is -0.680. The number of nitrogens with zero attached hydrogens (tertiary/aromatic N) is 1. The Bertz CT molecular complexity index is 237. The van der Waals surface area contributed by atoms with Crippen LogP contribution in [0, 0.1) is 5.92 Å². The number of nitrogens with two attached hydrogens (primary N) is 1. The normalized spacial score (nSPS) is 20.2. The second kappa shape index (κ2) is 5.70. The molecule has 0 aliphatic carbocycles. The lowest BCUT2D eigenvalue weighted by atomic mass is 10.0. The van der Waals surface area contributed by atoms with E-state index in [0.717, 1.165) is 25.9 Å². The Balaban J connectivity index is 2.19. The highest BCUT2D eigenvalue weighted by atomic mass is 16.2. The number of carbonyl (C=O) groups excluding carboxylic acids is 2. The molecule has 0 spiro atoms. The summed E-state index contributed by atoms with van der Waals surface area (Å²) in [5.74, 6) is 0.144. The highest BCUT2D eigenvalue weighted by molar-refractivity contribution is 5.83. The predicted molar refractivity (Wildman–Crippen MR) is 57.0 cm³/mol. The molecule has 5 nitrogen and oxygen atoms in total. The summed E-state index contributed by atoms with van der Waals surface area (Å²) in [6, 6.07) is 0. The molecule has 1 aliphatic heterocycles. The first-order valence-electron chi connectivity index (χ1n) is 5.32. The monoisotopic (exact) mass is 213 g/mol. The molecular formula is C10H19N3O2. The third-order valence-electron chi connectivity index (χ3n) is 2.75. The molecule has 0 bridgehead atoms. The van der Waals surface area contributed by atoms with E-state index >= 15 is 0 Å². The quantitative estimate of drug-likeness (QED) is 0.635. The number of rotatable bonds is 5. The Morgan fingerprint density at radius 2 is 2.27 bits per heavy atom. The van der Waals surface area contributed by atoms with Gasteiger partial charge in [0.25, 0.3) is 0 Å². The number of carbonyl (C=O) groups is 2. The summed E-state index contributed by atoms with van der Waals surface area (Å²) >= 11 is 0. The van der Waals surface area contributed by atoms with Gasteiger partial charge in [0.1, 0.15) is 0 Å². The van der Waals surface area contributed by atoms with E-state index in [1.165, 1.54) is 4.90 Å². The van der Waals surface area contributed by atoms with Crippen LogP contribution in [0.1, 0.15) is 19.3 Å². The molecule has 15 heavy (non-hydrogen) atoms. The Morgan fingerprint density at radius 3 is 2.80 bits per heavy atom. The molecule has 0 aromatic carbocycles. The van der Waals surface area contributed by atoms with Crippen LogP contribution < -0.4 is 11.1 Å². The van der Waals surface area contributed by atoms with Gasteiger partial charge >= 0.3 is 0 Å². The molecule has 1 aliphatic rings. The molecule has 5 heteroatoms. The first-order valence-corrected chi connectivity index (χ1v) is 5.32. The number of likely N-dealkylation sites (N-methyl/N-ethyl adjacent to an activating group) is 1. The van der Waals surface area contributed by atoms with E-state index in [-0.39, 0.29) is 12.5 Å². The van der Waals surface area contributed by atoms with E-state index in [0.29, 0.717) is 12.3 Å². The molecule has 1 atom stereocenters. The molecule has 1 saturated heterocycles. The van der Waals surface area contributed by atoms with Crippen LogP contribution in [0.2, 0.25) is 0 Å². The van der Waals surface area contributed by atoms with Gasteiger partial charge in [0.2, 0.25) is 11.8 Å². The average Bonchev–Trinajstić information content (AvgIpc) is 2.65. The van der Waals surface area contributed by atoms with Crippen LogP contribution >= 0.6 is 0 Å². The van der Waals surface area contributed by atoms with Gasteiger partial charge < -0.3 is 16.0 Å². The zero-order valence-electron chi connectivity index (χ0n) is 9.16. The highest BCUT2D eigenvalue weighted by Gasteiger charge is 2.17. The second-order valence-corrected chi connectivity index (χ2v) is 4.11. The van der Waals surface area contributed by atoms with Gasteiger partial charge in [-0.1, -0.05) is 0 Å². The van der Waals surface area contributed by atoms with E-state index in [1.54, 1.807) is 7.05 Å². The smallest absolute Gasteiger partial charge is 0.237 e. The molecule has 0 aromatic heterocycles. The van der Waals surface area contributed by atoms with Gasteiger partial charge in [-0.25, -0.2) is 0 Å². The van der Waals surface area contributed by atoms with Crippen LogP contribution in [0.5, 0.6) is 0 Å². The third-order valence-corrected chi connectivity index (χ3v) is 2.75. The molecule has 1 unspecified atom stereocenters. The number of hydrogen-bond donors (Lipinski definition) is 2. The minimum absolute atomic E-state index is 0.000648. The second-order valence-electron chi connectivity index (χ2n) is 4.11. The summed E-state index contributed by atoms with van der Waals surface area (Å²) in [6.07, 6.45) is 2.55. The van der Waals surface area contributed by atoms with Crippen LogP contribution in [0.15, 0.2) is 0 Å². The van der Waals surface area contributed by atoms with Crippen molar-refractivity contribution in [1.29, 1.82) is 0 Å². The molecule has 86 valence electrons. The van der Waals surface area contributed by atoms with E-state index in [4.69, 9.17) is 5.73 Å². The molecule has 1 rings (SSSR count). The summed E-state index contributed by atoms with van der Waals surface area (Å²) in [6.45, 7) is 2.07. The van der Waals surface area contributed by atoms with Crippen LogP contribution in [-0.4, -0.2) is 43.4 Å². The van der Waals surface area contributed by atoms with Gasteiger partial charge in [-0.05, 0) is 31.8 Å². The molecule has 0 aromatic rings. The summed E-state index contributed by atoms with van der Waals surface area (Å²) < 4.78 is 0. The van der Waals surface area contributed by atoms with Crippen molar-refractivity contribution in [2.75, 3.05) is 26.7 Å². The number of hydrogen-bond acceptors (Lipinski definition) is 3. The number of amides is 2. The zero-order chi connectivity index (χ0) is 11.3. The number of primary amides is 1. The fourth-order valence-electron chi connectivity index (χ4n) is 1.80. The van der Waals surface area contributed by atoms with Gasteiger partial charge in [-0.3, -0.25) is 9.59 Å². The van der Waals surface area contributed by atoms with E-state index < -0.39 is 5.91 Å². The largest absolute Gasteiger partial charge is 0.368 e. The van der Waals surface area contributed by atoms with E-state index in [1.807, 2.05) is 0 Å². The van der Waals surface area contributed by atoms with Gasteiger partial charge in [0, 0.05) is 13.5 Å². The zero-order valence-corrected chi connectivity index (χ0v) is 9.16. The lowest BCUT2D eigenvalue weighted by Crippen LogP contribution is -2.35. The summed E-state index contributed by atoms with van der Waals surface area (Å²) in [4.78, 5) is 23.5. The minimum atomic E-state index is -0.464. The third kappa shape index (κ3) is 4.29. The van der Waals surface area contributed by atoms with E-state index in [9.17, 15) is 9.59 Å².